The number of nitrogens with zero attached hydrogens (tertiary/aromatic N) is 2. The molecule has 1 atom stereocenters. The zero-order valence-corrected chi connectivity index (χ0v) is 11.8. The van der Waals surface area contributed by atoms with Gasteiger partial charge in [0.05, 0.1) is 11.0 Å². The first-order valence-electron chi connectivity index (χ1n) is 6.75. The highest BCUT2D eigenvalue weighted by molar-refractivity contribution is 5.75. The smallest absolute Gasteiger partial charge is 0.106 e. The van der Waals surface area contributed by atoms with Crippen LogP contribution in [0.1, 0.15) is 26.6 Å². The van der Waals surface area contributed by atoms with E-state index >= 15 is 0 Å². The van der Waals surface area contributed by atoms with Gasteiger partial charge in [0.15, 0.2) is 0 Å². The lowest BCUT2D eigenvalue weighted by atomic mass is 10.1. The second-order valence-corrected chi connectivity index (χ2v) is 5.29. The number of rotatable bonds is 5. The number of benzene rings is 1. The van der Waals surface area contributed by atoms with E-state index in [4.69, 9.17) is 0 Å². The molecule has 1 heterocycles. The van der Waals surface area contributed by atoms with Crippen LogP contribution in [-0.4, -0.2) is 22.1 Å². The molecule has 1 aromatic carbocycles. The number of imidazole rings is 1. The van der Waals surface area contributed by atoms with E-state index in [1.165, 1.54) is 5.52 Å². The van der Waals surface area contributed by atoms with E-state index in [9.17, 15) is 0 Å². The molecule has 18 heavy (non-hydrogen) atoms. The number of fused-ring (bicyclic) bond motifs is 1. The Labute approximate surface area is 109 Å². The molecule has 3 nitrogen and oxygen atoms in total. The molecule has 0 radical (unpaired) electrons. The molecule has 0 amide bonds. The molecule has 3 heteroatoms. The summed E-state index contributed by atoms with van der Waals surface area (Å²) >= 11 is 0. The monoisotopic (exact) mass is 245 g/mol. The van der Waals surface area contributed by atoms with Crippen molar-refractivity contribution in [2.75, 3.05) is 6.54 Å². The van der Waals surface area contributed by atoms with Gasteiger partial charge in [0.25, 0.3) is 0 Å². The Morgan fingerprint density at radius 3 is 2.67 bits per heavy atom. The van der Waals surface area contributed by atoms with Crippen molar-refractivity contribution in [3.8, 4) is 0 Å². The molecule has 0 spiro atoms. The zero-order chi connectivity index (χ0) is 13.1. The van der Waals surface area contributed by atoms with Crippen molar-refractivity contribution >= 4 is 11.0 Å². The van der Waals surface area contributed by atoms with Gasteiger partial charge >= 0.3 is 0 Å². The summed E-state index contributed by atoms with van der Waals surface area (Å²) < 4.78 is 2.29. The summed E-state index contributed by atoms with van der Waals surface area (Å²) in [5.41, 5.74) is 2.32. The highest BCUT2D eigenvalue weighted by atomic mass is 15.1. The Balaban J connectivity index is 2.05. The Kier molecular flexibility index (Phi) is 4.02. The molecule has 0 saturated heterocycles. The summed E-state index contributed by atoms with van der Waals surface area (Å²) in [4.78, 5) is 4.58. The molecule has 0 aliphatic rings. The average Bonchev–Trinajstić information content (AvgIpc) is 2.65. The molecule has 1 N–H and O–H groups in total. The van der Waals surface area contributed by atoms with Crippen LogP contribution in [0, 0.1) is 12.8 Å². The minimum absolute atomic E-state index is 0.556. The molecule has 1 unspecified atom stereocenters. The van der Waals surface area contributed by atoms with Crippen molar-refractivity contribution in [1.82, 2.24) is 14.9 Å². The van der Waals surface area contributed by atoms with E-state index in [0.29, 0.717) is 12.0 Å². The van der Waals surface area contributed by atoms with Crippen molar-refractivity contribution in [2.45, 2.75) is 40.3 Å². The summed E-state index contributed by atoms with van der Waals surface area (Å²) in [6.45, 7) is 10.8. The summed E-state index contributed by atoms with van der Waals surface area (Å²) in [5, 5.41) is 3.56. The van der Waals surface area contributed by atoms with Crippen LogP contribution in [0.5, 0.6) is 0 Å². The maximum absolute atomic E-state index is 4.58. The van der Waals surface area contributed by atoms with E-state index in [2.05, 4.69) is 60.8 Å². The van der Waals surface area contributed by atoms with Gasteiger partial charge in [-0.1, -0.05) is 26.0 Å². The van der Waals surface area contributed by atoms with Crippen molar-refractivity contribution in [3.05, 3.63) is 30.1 Å². The molecule has 0 aliphatic carbocycles. The van der Waals surface area contributed by atoms with Crippen LogP contribution in [0.15, 0.2) is 24.3 Å². The van der Waals surface area contributed by atoms with Crippen molar-refractivity contribution in [1.29, 1.82) is 0 Å². The fourth-order valence-corrected chi connectivity index (χ4v) is 2.12. The molecule has 0 aliphatic heterocycles. The van der Waals surface area contributed by atoms with Crippen molar-refractivity contribution < 1.29 is 0 Å². The quantitative estimate of drug-likeness (QED) is 0.877. The highest BCUT2D eigenvalue weighted by Gasteiger charge is 2.08. The van der Waals surface area contributed by atoms with Crippen LogP contribution in [0.3, 0.4) is 0 Å². The molecule has 0 bridgehead atoms. The van der Waals surface area contributed by atoms with Crippen molar-refractivity contribution in [2.24, 2.45) is 5.92 Å². The topological polar surface area (TPSA) is 29.9 Å². The summed E-state index contributed by atoms with van der Waals surface area (Å²) in [7, 11) is 0. The van der Waals surface area contributed by atoms with Crippen molar-refractivity contribution in [3.63, 3.8) is 0 Å². The van der Waals surface area contributed by atoms with Gasteiger partial charge in [-0.05, 0) is 31.9 Å². The second-order valence-electron chi connectivity index (χ2n) is 5.29. The van der Waals surface area contributed by atoms with Gasteiger partial charge in [0.1, 0.15) is 5.82 Å². The van der Waals surface area contributed by atoms with Crippen LogP contribution in [0.25, 0.3) is 11.0 Å². The second kappa shape index (κ2) is 5.53. The number of para-hydroxylation sites is 2. The lowest BCUT2D eigenvalue weighted by Crippen LogP contribution is -2.33. The third-order valence-electron chi connectivity index (χ3n) is 3.65. The first kappa shape index (κ1) is 13.1. The van der Waals surface area contributed by atoms with Gasteiger partial charge in [-0.3, -0.25) is 0 Å². The van der Waals surface area contributed by atoms with Gasteiger partial charge in [0.2, 0.25) is 0 Å². The van der Waals surface area contributed by atoms with Gasteiger partial charge in [-0.25, -0.2) is 4.98 Å². The van der Waals surface area contributed by atoms with E-state index in [1.807, 2.05) is 6.07 Å². The van der Waals surface area contributed by atoms with Crippen LogP contribution in [0.4, 0.5) is 0 Å². The minimum atomic E-state index is 0.556. The Hall–Kier alpha value is -1.35. The molecular weight excluding hydrogens is 222 g/mol. The Morgan fingerprint density at radius 2 is 1.94 bits per heavy atom. The van der Waals surface area contributed by atoms with Crippen LogP contribution in [0.2, 0.25) is 0 Å². The molecule has 98 valence electrons. The molecule has 1 aromatic heterocycles. The first-order valence-corrected chi connectivity index (χ1v) is 6.75. The third-order valence-corrected chi connectivity index (χ3v) is 3.65. The highest BCUT2D eigenvalue weighted by Crippen LogP contribution is 2.14. The van der Waals surface area contributed by atoms with E-state index in [0.717, 1.165) is 24.4 Å². The van der Waals surface area contributed by atoms with Gasteiger partial charge < -0.3 is 9.88 Å². The standard InChI is InChI=1S/C15H23N3/c1-11(2)12(3)16-9-10-18-13(4)17-14-7-5-6-8-15(14)18/h5-8,11-12,16H,9-10H2,1-4H3. The van der Waals surface area contributed by atoms with Crippen LogP contribution in [-0.2, 0) is 6.54 Å². The van der Waals surface area contributed by atoms with Crippen LogP contribution < -0.4 is 5.32 Å². The number of aryl methyl sites for hydroxylation is 1. The van der Waals surface area contributed by atoms with E-state index in [-0.39, 0.29) is 0 Å². The lowest BCUT2D eigenvalue weighted by molar-refractivity contribution is 0.417. The fourth-order valence-electron chi connectivity index (χ4n) is 2.12. The fraction of sp³-hybridized carbons (Fsp3) is 0.533. The summed E-state index contributed by atoms with van der Waals surface area (Å²) in [5.74, 6) is 1.76. The molecule has 2 rings (SSSR count). The predicted molar refractivity (Wildman–Crippen MR) is 76.8 cm³/mol. The number of hydrogen-bond donors (Lipinski definition) is 1. The molecule has 0 fully saturated rings. The van der Waals surface area contributed by atoms with E-state index in [1.54, 1.807) is 0 Å². The van der Waals surface area contributed by atoms with E-state index < -0.39 is 0 Å². The van der Waals surface area contributed by atoms with Gasteiger partial charge in [-0.15, -0.1) is 0 Å². The number of hydrogen-bond acceptors (Lipinski definition) is 2. The van der Waals surface area contributed by atoms with Crippen LogP contribution >= 0.6 is 0 Å². The first-order chi connectivity index (χ1) is 8.59. The normalized spacial score (nSPS) is 13.4. The lowest BCUT2D eigenvalue weighted by Gasteiger charge is -2.18. The maximum atomic E-state index is 4.58. The minimum Gasteiger partial charge on any atom is -0.327 e. The number of nitrogens with one attached hydrogen (secondary N) is 1. The molecular formula is C15H23N3. The SMILES string of the molecule is Cc1nc2ccccc2n1CCNC(C)C(C)C. The zero-order valence-electron chi connectivity index (χ0n) is 11.8. The summed E-state index contributed by atoms with van der Waals surface area (Å²) in [6.07, 6.45) is 0. The predicted octanol–water partition coefficient (Wildman–Crippen LogP) is 2.98. The Morgan fingerprint density at radius 1 is 1.22 bits per heavy atom. The summed E-state index contributed by atoms with van der Waals surface area (Å²) in [6, 6.07) is 8.88. The maximum Gasteiger partial charge on any atom is 0.106 e. The van der Waals surface area contributed by atoms with Gasteiger partial charge in [-0.2, -0.15) is 0 Å². The Bertz CT molecular complexity index is 513. The molecule has 2 aromatic rings. The third kappa shape index (κ3) is 2.72. The van der Waals surface area contributed by atoms with Gasteiger partial charge in [0, 0.05) is 19.1 Å². The average molecular weight is 245 g/mol. The number of aromatic nitrogens is 2. The molecule has 0 saturated carbocycles. The largest absolute Gasteiger partial charge is 0.327 e.